The summed E-state index contributed by atoms with van der Waals surface area (Å²) < 4.78 is 41.2. The minimum absolute atomic E-state index is 0.499. The highest BCUT2D eigenvalue weighted by atomic mass is 19.4. The molecule has 2 aromatic heterocycles. The second-order valence-corrected chi connectivity index (χ2v) is 8.17. The molecule has 2 N–H and O–H groups in total. The molecule has 1 aliphatic heterocycles. The van der Waals surface area contributed by atoms with Gasteiger partial charge in [-0.05, 0) is 54.6 Å². The predicted octanol–water partition coefficient (Wildman–Crippen LogP) is 5.09. The number of anilines is 1. The number of fused-ring (bicyclic) bond motifs is 1. The molecule has 168 valence electrons. The Morgan fingerprint density at radius 2 is 1.82 bits per heavy atom. The van der Waals surface area contributed by atoms with Gasteiger partial charge in [0.15, 0.2) is 5.82 Å². The summed E-state index contributed by atoms with van der Waals surface area (Å²) in [6.45, 7) is 2.10. The lowest BCUT2D eigenvalue weighted by Gasteiger charge is -2.28. The highest BCUT2D eigenvalue weighted by Gasteiger charge is 2.30. The van der Waals surface area contributed by atoms with Gasteiger partial charge in [-0.3, -0.25) is 4.90 Å². The maximum atomic E-state index is 13.1. The van der Waals surface area contributed by atoms with Crippen LogP contribution in [0.3, 0.4) is 0 Å². The van der Waals surface area contributed by atoms with Crippen molar-refractivity contribution in [2.75, 3.05) is 12.3 Å². The molecule has 3 heterocycles. The summed E-state index contributed by atoms with van der Waals surface area (Å²) in [6.07, 6.45) is 0.0754. The van der Waals surface area contributed by atoms with Crippen LogP contribution in [-0.2, 0) is 25.7 Å². The fourth-order valence-electron chi connectivity index (χ4n) is 4.14. The topological polar surface area (TPSA) is 60.0 Å². The third-order valence-corrected chi connectivity index (χ3v) is 5.85. The number of benzene rings is 2. The Hall–Kier alpha value is -3.65. The molecule has 0 spiro atoms. The van der Waals surface area contributed by atoms with Gasteiger partial charge in [-0.25, -0.2) is 9.97 Å². The van der Waals surface area contributed by atoms with Crippen LogP contribution >= 0.6 is 0 Å². The van der Waals surface area contributed by atoms with Crippen molar-refractivity contribution in [3.05, 3.63) is 95.6 Å². The van der Waals surface area contributed by atoms with Crippen molar-refractivity contribution in [3.8, 4) is 17.1 Å². The van der Waals surface area contributed by atoms with Gasteiger partial charge in [0, 0.05) is 66.6 Å². The number of nitrogen functional groups attached to an aromatic ring is 1. The zero-order valence-corrected chi connectivity index (χ0v) is 17.8. The smallest absolute Gasteiger partial charge is 0.399 e. The Kier molecular flexibility index (Phi) is 5.38. The molecule has 33 heavy (non-hydrogen) atoms. The number of halogens is 3. The van der Waals surface area contributed by atoms with Gasteiger partial charge >= 0.3 is 6.18 Å². The normalized spacial score (nSPS) is 14.3. The van der Waals surface area contributed by atoms with Crippen LogP contribution < -0.4 is 5.73 Å². The van der Waals surface area contributed by atoms with E-state index in [1.165, 1.54) is 12.1 Å². The van der Waals surface area contributed by atoms with Crippen molar-refractivity contribution < 1.29 is 13.2 Å². The van der Waals surface area contributed by atoms with Gasteiger partial charge in [0.2, 0.25) is 0 Å². The molecule has 8 heteroatoms. The summed E-state index contributed by atoms with van der Waals surface area (Å²) in [7, 11) is 0. The molecule has 0 saturated carbocycles. The molecule has 0 aliphatic carbocycles. The third-order valence-electron chi connectivity index (χ3n) is 5.85. The van der Waals surface area contributed by atoms with Gasteiger partial charge in [-0.2, -0.15) is 13.2 Å². The summed E-state index contributed by atoms with van der Waals surface area (Å²) in [5, 5.41) is 0. The van der Waals surface area contributed by atoms with Crippen LogP contribution in [0.25, 0.3) is 17.1 Å². The number of alkyl halides is 3. The van der Waals surface area contributed by atoms with Gasteiger partial charge in [0.25, 0.3) is 0 Å². The SMILES string of the molecule is Nc1ccc(-c2ncc3c(n2)CCN(Cc2cccn2-c2cccc(C(F)(F)F)c2)C3)cc1. The largest absolute Gasteiger partial charge is 0.416 e. The molecule has 0 atom stereocenters. The van der Waals surface area contributed by atoms with Crippen LogP contribution in [0.4, 0.5) is 18.9 Å². The first-order valence-corrected chi connectivity index (χ1v) is 10.6. The molecular formula is C25H22F3N5. The maximum absolute atomic E-state index is 13.1. The van der Waals surface area contributed by atoms with Gasteiger partial charge in [0.1, 0.15) is 0 Å². The third kappa shape index (κ3) is 4.47. The minimum atomic E-state index is -4.37. The molecule has 0 saturated heterocycles. The van der Waals surface area contributed by atoms with Gasteiger partial charge < -0.3 is 10.3 Å². The predicted molar refractivity (Wildman–Crippen MR) is 120 cm³/mol. The molecule has 2 aromatic carbocycles. The zero-order valence-electron chi connectivity index (χ0n) is 17.8. The van der Waals surface area contributed by atoms with Crippen molar-refractivity contribution >= 4 is 5.69 Å². The van der Waals surface area contributed by atoms with Crippen LogP contribution in [0.15, 0.2) is 73.1 Å². The van der Waals surface area contributed by atoms with E-state index in [-0.39, 0.29) is 0 Å². The van der Waals surface area contributed by atoms with Gasteiger partial charge in [-0.1, -0.05) is 6.07 Å². The number of aromatic nitrogens is 3. The first-order chi connectivity index (χ1) is 15.9. The molecule has 5 nitrogen and oxygen atoms in total. The van der Waals surface area contributed by atoms with E-state index in [4.69, 9.17) is 10.7 Å². The summed E-state index contributed by atoms with van der Waals surface area (Å²) in [6, 6.07) is 16.7. The number of hydrogen-bond acceptors (Lipinski definition) is 4. The average molecular weight is 449 g/mol. The Bertz CT molecular complexity index is 1280. The summed E-state index contributed by atoms with van der Waals surface area (Å²) in [5.41, 5.74) is 10.3. The molecule has 0 radical (unpaired) electrons. The molecule has 0 fully saturated rings. The number of nitrogens with two attached hydrogens (primary N) is 1. The van der Waals surface area contributed by atoms with E-state index in [0.29, 0.717) is 30.3 Å². The van der Waals surface area contributed by atoms with Crippen molar-refractivity contribution in [3.63, 3.8) is 0 Å². The zero-order chi connectivity index (χ0) is 23.0. The molecule has 0 bridgehead atoms. The van der Waals surface area contributed by atoms with Crippen molar-refractivity contribution in [1.29, 1.82) is 0 Å². The van der Waals surface area contributed by atoms with E-state index in [0.717, 1.165) is 41.5 Å². The monoisotopic (exact) mass is 449 g/mol. The second-order valence-electron chi connectivity index (χ2n) is 8.17. The van der Waals surface area contributed by atoms with E-state index in [2.05, 4.69) is 9.88 Å². The molecule has 5 rings (SSSR count). The molecule has 1 aliphatic rings. The standard InChI is InChI=1S/C25H22F3N5/c26-25(27,28)19-3-1-4-21(13-19)33-11-2-5-22(33)16-32-12-10-23-18(15-32)14-30-24(31-23)17-6-8-20(29)9-7-17/h1-9,11,13-14H,10,12,15-16,29H2. The maximum Gasteiger partial charge on any atom is 0.416 e. The summed E-state index contributed by atoms with van der Waals surface area (Å²) in [5.74, 6) is 0.681. The molecule has 0 unspecified atom stereocenters. The van der Waals surface area contributed by atoms with Crippen LogP contribution in [0.1, 0.15) is 22.5 Å². The van der Waals surface area contributed by atoms with Crippen LogP contribution in [-0.4, -0.2) is 26.0 Å². The summed E-state index contributed by atoms with van der Waals surface area (Å²) in [4.78, 5) is 11.5. The lowest BCUT2D eigenvalue weighted by atomic mass is 10.1. The van der Waals surface area contributed by atoms with E-state index in [9.17, 15) is 13.2 Å². The molecule has 0 amide bonds. The quantitative estimate of drug-likeness (QED) is 0.441. The highest BCUT2D eigenvalue weighted by molar-refractivity contribution is 5.58. The molecular weight excluding hydrogens is 427 g/mol. The van der Waals surface area contributed by atoms with Crippen molar-refractivity contribution in [2.45, 2.75) is 25.7 Å². The highest BCUT2D eigenvalue weighted by Crippen LogP contribution is 2.31. The van der Waals surface area contributed by atoms with E-state index in [1.807, 2.05) is 47.2 Å². The van der Waals surface area contributed by atoms with Gasteiger partial charge in [-0.15, -0.1) is 0 Å². The number of nitrogens with zero attached hydrogens (tertiary/aromatic N) is 4. The average Bonchev–Trinajstić information content (AvgIpc) is 3.27. The van der Waals surface area contributed by atoms with Crippen LogP contribution in [0, 0.1) is 0 Å². The Morgan fingerprint density at radius 1 is 1.00 bits per heavy atom. The summed E-state index contributed by atoms with van der Waals surface area (Å²) >= 11 is 0. The molecule has 4 aromatic rings. The first-order valence-electron chi connectivity index (χ1n) is 10.6. The van der Waals surface area contributed by atoms with E-state index >= 15 is 0 Å². The van der Waals surface area contributed by atoms with E-state index in [1.54, 1.807) is 12.3 Å². The lowest BCUT2D eigenvalue weighted by Crippen LogP contribution is -2.31. The van der Waals surface area contributed by atoms with Crippen LogP contribution in [0.2, 0.25) is 0 Å². The Morgan fingerprint density at radius 3 is 2.61 bits per heavy atom. The Labute approximate surface area is 189 Å². The van der Waals surface area contributed by atoms with Gasteiger partial charge in [0.05, 0.1) is 11.3 Å². The fourth-order valence-corrected chi connectivity index (χ4v) is 4.14. The van der Waals surface area contributed by atoms with Crippen molar-refractivity contribution in [2.24, 2.45) is 0 Å². The second kappa shape index (κ2) is 8.37. The first kappa shape index (κ1) is 21.2. The van der Waals surface area contributed by atoms with Crippen molar-refractivity contribution in [1.82, 2.24) is 19.4 Å². The number of rotatable bonds is 4. The van der Waals surface area contributed by atoms with Crippen LogP contribution in [0.5, 0.6) is 0 Å². The minimum Gasteiger partial charge on any atom is -0.399 e. The lowest BCUT2D eigenvalue weighted by molar-refractivity contribution is -0.137. The Balaban J connectivity index is 1.33. The van der Waals surface area contributed by atoms with E-state index < -0.39 is 11.7 Å². The number of hydrogen-bond donors (Lipinski definition) is 1. The fraction of sp³-hybridized carbons (Fsp3) is 0.200.